The third-order valence-electron chi connectivity index (χ3n) is 8.76. The van der Waals surface area contributed by atoms with Crippen LogP contribution in [0.2, 0.25) is 5.02 Å². The molecule has 0 aromatic heterocycles. The number of carbonyl (C=O) groups is 2. The Kier molecular flexibility index (Phi) is 9.52. The number of rotatable bonds is 9. The monoisotopic (exact) mass is 641 g/mol. The fourth-order valence-corrected chi connectivity index (χ4v) is 7.29. The minimum atomic E-state index is -1.23. The van der Waals surface area contributed by atoms with E-state index in [1.807, 2.05) is 53.4 Å². The lowest BCUT2D eigenvalue weighted by Gasteiger charge is -2.36. The van der Waals surface area contributed by atoms with Crippen LogP contribution in [0.1, 0.15) is 45.8 Å². The lowest BCUT2D eigenvalue weighted by Crippen LogP contribution is -2.48. The van der Waals surface area contributed by atoms with E-state index in [1.165, 1.54) is 22.3 Å². The van der Waals surface area contributed by atoms with Crippen LogP contribution in [0, 0.1) is 5.92 Å². The van der Waals surface area contributed by atoms with Gasteiger partial charge in [0.1, 0.15) is 17.6 Å². The number of hydrogen-bond donors (Lipinski definition) is 2. The zero-order valence-electron chi connectivity index (χ0n) is 25.1. The summed E-state index contributed by atoms with van der Waals surface area (Å²) in [5.41, 5.74) is 6.94. The first-order chi connectivity index (χ1) is 21.9. The average Bonchev–Trinajstić information content (AvgIpc) is 3.36. The van der Waals surface area contributed by atoms with E-state index in [-0.39, 0.29) is 30.4 Å². The number of piperidine rings is 1. The van der Waals surface area contributed by atoms with Gasteiger partial charge in [0.15, 0.2) is 0 Å². The van der Waals surface area contributed by atoms with Crippen LogP contribution in [-0.2, 0) is 22.1 Å². The number of likely N-dealkylation sites (tertiary alicyclic amines) is 1. The van der Waals surface area contributed by atoms with E-state index < -0.39 is 17.1 Å². The number of carbonyl (C=O) groups excluding carboxylic acids is 2. The Morgan fingerprint density at radius 3 is 2.24 bits per heavy atom. The summed E-state index contributed by atoms with van der Waals surface area (Å²) in [5.74, 6) is 0.0636. The largest absolute Gasteiger partial charge is 0.449 e. The second-order valence-electron chi connectivity index (χ2n) is 11.7. The highest BCUT2D eigenvalue weighted by Crippen LogP contribution is 2.44. The van der Waals surface area contributed by atoms with Crippen LogP contribution in [0.3, 0.4) is 0 Å². The van der Waals surface area contributed by atoms with Crippen LogP contribution in [0.15, 0.2) is 97.1 Å². The molecular weight excluding hydrogens is 606 g/mol. The van der Waals surface area contributed by atoms with Crippen molar-refractivity contribution in [2.75, 3.05) is 30.7 Å². The quantitative estimate of drug-likeness (QED) is 0.205. The molecule has 4 aromatic rings. The molecule has 1 saturated heterocycles. The molecular formula is C36H36ClN3O4S. The van der Waals surface area contributed by atoms with Crippen LogP contribution in [0.25, 0.3) is 11.1 Å². The number of alkyl carbamates (subject to hydrolysis) is 1. The van der Waals surface area contributed by atoms with Gasteiger partial charge >= 0.3 is 6.09 Å². The highest BCUT2D eigenvalue weighted by Gasteiger charge is 2.32. The second-order valence-corrected chi connectivity index (χ2v) is 13.2. The Morgan fingerprint density at radius 2 is 1.58 bits per heavy atom. The lowest BCUT2D eigenvalue weighted by molar-refractivity contribution is 0.0663. The SMILES string of the molecule is CS(=O)Nc1cccc(C(=O)N2CCC(C(Cc3cccc(Cl)c3)NC(=O)OCC3c4ccccc4-c4ccccc43)CC2)c1. The fourth-order valence-electron chi connectivity index (χ4n) is 6.61. The number of fused-ring (bicyclic) bond motifs is 3. The van der Waals surface area contributed by atoms with Gasteiger partial charge < -0.3 is 19.7 Å². The third kappa shape index (κ3) is 7.24. The van der Waals surface area contributed by atoms with Crippen molar-refractivity contribution in [1.82, 2.24) is 10.2 Å². The maximum atomic E-state index is 13.3. The summed E-state index contributed by atoms with van der Waals surface area (Å²) in [6.45, 7) is 1.38. The van der Waals surface area contributed by atoms with Crippen molar-refractivity contribution in [2.24, 2.45) is 5.92 Å². The number of nitrogens with zero attached hydrogens (tertiary/aromatic N) is 1. The maximum Gasteiger partial charge on any atom is 0.407 e. The summed E-state index contributed by atoms with van der Waals surface area (Å²) in [7, 11) is -1.23. The molecule has 1 aliphatic carbocycles. The van der Waals surface area contributed by atoms with Gasteiger partial charge in [-0.1, -0.05) is 78.3 Å². The van der Waals surface area contributed by atoms with E-state index in [9.17, 15) is 13.8 Å². The van der Waals surface area contributed by atoms with Gasteiger partial charge in [0.2, 0.25) is 0 Å². The number of nitrogens with one attached hydrogen (secondary N) is 2. The minimum Gasteiger partial charge on any atom is -0.449 e. The van der Waals surface area contributed by atoms with Gasteiger partial charge in [0.05, 0.1) is 0 Å². The van der Waals surface area contributed by atoms with E-state index in [0.717, 1.165) is 18.4 Å². The first kappa shape index (κ1) is 30.9. The first-order valence-corrected chi connectivity index (χ1v) is 17.1. The summed E-state index contributed by atoms with van der Waals surface area (Å²) >= 11 is 6.30. The van der Waals surface area contributed by atoms with Gasteiger partial charge in [-0.15, -0.1) is 0 Å². The van der Waals surface area contributed by atoms with Crippen molar-refractivity contribution >= 4 is 40.3 Å². The Bertz CT molecular complexity index is 1680. The summed E-state index contributed by atoms with van der Waals surface area (Å²) in [4.78, 5) is 28.5. The van der Waals surface area contributed by atoms with E-state index in [4.69, 9.17) is 16.3 Å². The molecule has 0 radical (unpaired) electrons. The van der Waals surface area contributed by atoms with Crippen LogP contribution >= 0.6 is 11.6 Å². The molecule has 232 valence electrons. The number of ether oxygens (including phenoxy) is 1. The molecule has 0 saturated carbocycles. The summed E-state index contributed by atoms with van der Waals surface area (Å²) in [6.07, 6.45) is 3.18. The highest BCUT2D eigenvalue weighted by molar-refractivity contribution is 7.85. The number of amides is 2. The molecule has 4 aromatic carbocycles. The molecule has 0 bridgehead atoms. The third-order valence-corrected chi connectivity index (χ3v) is 9.52. The number of benzene rings is 4. The van der Waals surface area contributed by atoms with Crippen LogP contribution in [0.4, 0.5) is 10.5 Å². The van der Waals surface area contributed by atoms with Crippen molar-refractivity contribution < 1.29 is 18.5 Å². The van der Waals surface area contributed by atoms with Crippen molar-refractivity contribution in [2.45, 2.75) is 31.2 Å². The summed E-state index contributed by atoms with van der Waals surface area (Å²) in [5, 5.41) is 3.83. The Morgan fingerprint density at radius 1 is 0.911 bits per heavy atom. The minimum absolute atomic E-state index is 0.0187. The normalized spacial score (nSPS) is 15.9. The molecule has 2 N–H and O–H groups in total. The van der Waals surface area contributed by atoms with Gasteiger partial charge in [-0.05, 0) is 83.3 Å². The standard InChI is InChI=1S/C36H36ClN3O4S/c1-45(43)39-28-11-7-9-26(22-28)35(41)40-18-16-25(17-19-40)34(21-24-8-6-10-27(37)20-24)38-36(42)44-23-33-31-14-4-2-12-29(31)30-13-3-5-15-32(30)33/h2-15,20,22,25,33-34,39H,16-19,21,23H2,1H3,(H,38,42). The molecule has 2 atom stereocenters. The van der Waals surface area contributed by atoms with Crippen molar-refractivity contribution in [3.8, 4) is 11.1 Å². The molecule has 1 heterocycles. The van der Waals surface area contributed by atoms with Crippen LogP contribution in [-0.4, -0.2) is 53.1 Å². The Balaban J connectivity index is 1.12. The zero-order valence-corrected chi connectivity index (χ0v) is 26.7. The molecule has 2 unspecified atom stereocenters. The molecule has 2 aliphatic rings. The number of hydrogen-bond acceptors (Lipinski definition) is 4. The number of anilines is 1. The molecule has 1 aliphatic heterocycles. The lowest BCUT2D eigenvalue weighted by atomic mass is 9.85. The Hall–Kier alpha value is -4.14. The first-order valence-electron chi connectivity index (χ1n) is 15.2. The average molecular weight is 642 g/mol. The van der Waals surface area contributed by atoms with Crippen LogP contribution in [0.5, 0.6) is 0 Å². The molecule has 1 fully saturated rings. The van der Waals surface area contributed by atoms with Gasteiger partial charge in [-0.3, -0.25) is 4.79 Å². The highest BCUT2D eigenvalue weighted by atomic mass is 35.5. The zero-order chi connectivity index (χ0) is 31.3. The molecule has 7 nitrogen and oxygen atoms in total. The fraction of sp³-hybridized carbons (Fsp3) is 0.278. The van der Waals surface area contributed by atoms with Gasteiger partial charge in [0, 0.05) is 47.6 Å². The molecule has 6 rings (SSSR count). The predicted molar refractivity (Wildman–Crippen MR) is 180 cm³/mol. The molecule has 2 amide bonds. The van der Waals surface area contributed by atoms with Crippen molar-refractivity contribution in [3.05, 3.63) is 124 Å². The smallest absolute Gasteiger partial charge is 0.407 e. The molecule has 0 spiro atoms. The number of halogens is 1. The van der Waals surface area contributed by atoms with Gasteiger partial charge in [0.25, 0.3) is 5.91 Å². The van der Waals surface area contributed by atoms with Crippen molar-refractivity contribution in [3.63, 3.8) is 0 Å². The van der Waals surface area contributed by atoms with Gasteiger partial charge in [-0.25, -0.2) is 9.00 Å². The van der Waals surface area contributed by atoms with E-state index in [1.54, 1.807) is 30.5 Å². The molecule has 45 heavy (non-hydrogen) atoms. The summed E-state index contributed by atoms with van der Waals surface area (Å²) < 4.78 is 20.3. The van der Waals surface area contributed by atoms with E-state index >= 15 is 0 Å². The second kappa shape index (κ2) is 13.9. The summed E-state index contributed by atoms with van der Waals surface area (Å²) in [6, 6.07) is 31.2. The predicted octanol–water partition coefficient (Wildman–Crippen LogP) is 7.05. The maximum absolute atomic E-state index is 13.3. The molecule has 9 heteroatoms. The van der Waals surface area contributed by atoms with E-state index in [2.05, 4.69) is 34.3 Å². The topological polar surface area (TPSA) is 87.7 Å². The van der Waals surface area contributed by atoms with E-state index in [0.29, 0.717) is 35.8 Å². The van der Waals surface area contributed by atoms with Gasteiger partial charge in [-0.2, -0.15) is 0 Å². The Labute approximate surface area is 271 Å². The van der Waals surface area contributed by atoms with Crippen molar-refractivity contribution in [1.29, 1.82) is 0 Å². The van der Waals surface area contributed by atoms with Crippen LogP contribution < -0.4 is 10.0 Å².